The zero-order chi connectivity index (χ0) is 23.8. The van der Waals surface area contributed by atoms with Crippen LogP contribution in [0, 0.1) is 0 Å². The van der Waals surface area contributed by atoms with Crippen molar-refractivity contribution in [3.8, 4) is 5.88 Å². The number of thiazole rings is 1. The molecule has 2 aromatic heterocycles. The van der Waals surface area contributed by atoms with E-state index >= 15 is 0 Å². The number of carbonyl (C=O) groups is 1. The van der Waals surface area contributed by atoms with Crippen LogP contribution >= 0.6 is 11.3 Å². The van der Waals surface area contributed by atoms with Crippen molar-refractivity contribution in [2.45, 2.75) is 32.5 Å². The number of nitrogens with zero attached hydrogens (tertiary/aromatic N) is 5. The summed E-state index contributed by atoms with van der Waals surface area (Å²) in [5.41, 5.74) is -0.139. The first-order valence-corrected chi connectivity index (χ1v) is 11.4. The van der Waals surface area contributed by atoms with Gasteiger partial charge in [-0.05, 0) is 24.6 Å². The first-order valence-electron chi connectivity index (χ1n) is 10.6. The normalized spacial score (nSPS) is 16.3. The van der Waals surface area contributed by atoms with E-state index < -0.39 is 23.9 Å². The predicted molar refractivity (Wildman–Crippen MR) is 115 cm³/mol. The molecule has 178 valence electrons. The summed E-state index contributed by atoms with van der Waals surface area (Å²) < 4.78 is 45.7. The summed E-state index contributed by atoms with van der Waals surface area (Å²) in [5, 5.41) is 15.2. The smallest absolute Gasteiger partial charge is 0.416 e. The fraction of sp³-hybridized carbons (Fsp3) is 0.476. The minimum atomic E-state index is -4.44. The minimum absolute atomic E-state index is 0.0834. The third-order valence-corrected chi connectivity index (χ3v) is 6.64. The number of ether oxygens (including phenoxy) is 1. The third-order valence-electron chi connectivity index (χ3n) is 5.57. The molecule has 8 nitrogen and oxygen atoms in total. The van der Waals surface area contributed by atoms with Gasteiger partial charge in [-0.25, -0.2) is 9.78 Å². The zero-order valence-corrected chi connectivity index (χ0v) is 19.0. The maximum absolute atomic E-state index is 13.1. The number of benzene rings is 1. The molecule has 1 atom stereocenters. The Kier molecular flexibility index (Phi) is 6.48. The molecule has 4 rings (SSSR count). The Morgan fingerprint density at radius 1 is 1.18 bits per heavy atom. The standard InChI is InChI=1S/C21H24F3N5O3S/c1-3-15-25-19-29(26-15)18(30)17(33-19)16(13-5-7-14(8-6-13)21(22,23)24)27-9-11-28(12-10-27)20(31)32-4-2/h5-8,16,30H,3-4,9-12H2,1-2H3/t16-/m0/s1. The van der Waals surface area contributed by atoms with Gasteiger partial charge in [0.1, 0.15) is 0 Å². The first kappa shape index (κ1) is 23.3. The summed E-state index contributed by atoms with van der Waals surface area (Å²) in [6.45, 7) is 5.64. The molecule has 0 aliphatic carbocycles. The lowest BCUT2D eigenvalue weighted by Gasteiger charge is -2.38. The quantitative estimate of drug-likeness (QED) is 0.592. The zero-order valence-electron chi connectivity index (χ0n) is 18.2. The van der Waals surface area contributed by atoms with Gasteiger partial charge in [-0.1, -0.05) is 30.4 Å². The number of alkyl halides is 3. The number of aromatic hydroxyl groups is 1. The second-order valence-corrected chi connectivity index (χ2v) is 8.62. The van der Waals surface area contributed by atoms with E-state index in [1.807, 2.05) is 11.8 Å². The third kappa shape index (κ3) is 4.62. The Hall–Kier alpha value is -2.86. The molecule has 0 radical (unpaired) electrons. The molecule has 0 spiro atoms. The van der Waals surface area contributed by atoms with Crippen LogP contribution in [0.3, 0.4) is 0 Å². The van der Waals surface area contributed by atoms with Crippen molar-refractivity contribution >= 4 is 22.4 Å². The van der Waals surface area contributed by atoms with Gasteiger partial charge >= 0.3 is 12.3 Å². The van der Waals surface area contributed by atoms with Gasteiger partial charge in [0.05, 0.1) is 23.1 Å². The summed E-state index contributed by atoms with van der Waals surface area (Å²) in [5.74, 6) is 0.511. The van der Waals surface area contributed by atoms with E-state index in [0.29, 0.717) is 53.8 Å². The van der Waals surface area contributed by atoms with Crippen LogP contribution in [0.1, 0.15) is 41.7 Å². The molecule has 1 aliphatic heterocycles. The van der Waals surface area contributed by atoms with Crippen LogP contribution in [-0.2, 0) is 17.3 Å². The van der Waals surface area contributed by atoms with Gasteiger partial charge in [0.2, 0.25) is 10.8 Å². The summed E-state index contributed by atoms with van der Waals surface area (Å²) >= 11 is 1.25. The van der Waals surface area contributed by atoms with Gasteiger partial charge in [0.15, 0.2) is 5.82 Å². The molecule has 3 heterocycles. The number of fused-ring (bicyclic) bond motifs is 1. The highest BCUT2D eigenvalue weighted by Gasteiger charge is 2.34. The number of aryl methyl sites for hydroxylation is 1. The number of hydrogen-bond acceptors (Lipinski definition) is 7. The van der Waals surface area contributed by atoms with Crippen LogP contribution < -0.4 is 0 Å². The molecular formula is C21H24F3N5O3S. The summed E-state index contributed by atoms with van der Waals surface area (Å²) in [6, 6.07) is 4.42. The number of rotatable bonds is 5. The minimum Gasteiger partial charge on any atom is -0.492 e. The van der Waals surface area contributed by atoms with E-state index in [1.54, 1.807) is 11.8 Å². The van der Waals surface area contributed by atoms with Crippen LogP contribution in [0.4, 0.5) is 18.0 Å². The highest BCUT2D eigenvalue weighted by atomic mass is 32.1. The first-order chi connectivity index (χ1) is 15.7. The molecule has 3 aromatic rings. The molecule has 12 heteroatoms. The largest absolute Gasteiger partial charge is 0.492 e. The van der Waals surface area contributed by atoms with Crippen LogP contribution in [0.15, 0.2) is 24.3 Å². The number of aromatic nitrogens is 3. The number of carbonyl (C=O) groups excluding carboxylic acids is 1. The molecule has 1 fully saturated rings. The maximum Gasteiger partial charge on any atom is 0.416 e. The Morgan fingerprint density at radius 3 is 2.39 bits per heavy atom. The van der Waals surface area contributed by atoms with Crippen molar-refractivity contribution in [1.82, 2.24) is 24.4 Å². The highest BCUT2D eigenvalue weighted by molar-refractivity contribution is 7.17. The van der Waals surface area contributed by atoms with Gasteiger partial charge in [-0.3, -0.25) is 4.90 Å². The van der Waals surface area contributed by atoms with Crippen molar-refractivity contribution < 1.29 is 27.8 Å². The Balaban J connectivity index is 1.68. The average molecular weight is 484 g/mol. The summed E-state index contributed by atoms with van der Waals surface area (Å²) in [7, 11) is 0. The molecule has 0 bridgehead atoms. The Morgan fingerprint density at radius 2 is 1.85 bits per heavy atom. The van der Waals surface area contributed by atoms with Crippen molar-refractivity contribution in [2.75, 3.05) is 32.8 Å². The van der Waals surface area contributed by atoms with Crippen LogP contribution in [0.2, 0.25) is 0 Å². The number of amides is 1. The molecule has 0 saturated carbocycles. The van der Waals surface area contributed by atoms with E-state index in [9.17, 15) is 23.1 Å². The monoisotopic (exact) mass is 483 g/mol. The maximum atomic E-state index is 13.1. The van der Waals surface area contributed by atoms with Gasteiger partial charge in [-0.15, -0.1) is 5.10 Å². The lowest BCUT2D eigenvalue weighted by Crippen LogP contribution is -2.49. The van der Waals surface area contributed by atoms with Crippen molar-refractivity contribution in [1.29, 1.82) is 0 Å². The second-order valence-electron chi connectivity index (χ2n) is 7.61. The van der Waals surface area contributed by atoms with Crippen LogP contribution in [0.25, 0.3) is 4.96 Å². The molecule has 33 heavy (non-hydrogen) atoms. The molecule has 1 saturated heterocycles. The molecule has 1 N–H and O–H groups in total. The van der Waals surface area contributed by atoms with E-state index in [2.05, 4.69) is 10.1 Å². The highest BCUT2D eigenvalue weighted by Crippen LogP contribution is 2.41. The molecule has 1 aliphatic rings. The van der Waals surface area contributed by atoms with Crippen LogP contribution in [0.5, 0.6) is 5.88 Å². The topological polar surface area (TPSA) is 83.2 Å². The lowest BCUT2D eigenvalue weighted by molar-refractivity contribution is -0.137. The van der Waals surface area contributed by atoms with Gasteiger partial charge in [0, 0.05) is 32.6 Å². The van der Waals surface area contributed by atoms with Crippen molar-refractivity contribution in [3.05, 3.63) is 46.1 Å². The molecule has 1 amide bonds. The van der Waals surface area contributed by atoms with E-state index in [1.165, 1.54) is 28.0 Å². The number of piperazine rings is 1. The Labute approximate surface area is 192 Å². The van der Waals surface area contributed by atoms with Crippen LogP contribution in [-0.4, -0.2) is 68.4 Å². The summed E-state index contributed by atoms with van der Waals surface area (Å²) in [6.07, 6.45) is -4.22. The van der Waals surface area contributed by atoms with Crippen molar-refractivity contribution in [3.63, 3.8) is 0 Å². The number of hydrogen-bond donors (Lipinski definition) is 1. The fourth-order valence-electron chi connectivity index (χ4n) is 3.88. The van der Waals surface area contributed by atoms with Gasteiger partial charge < -0.3 is 14.7 Å². The average Bonchev–Trinajstić information content (AvgIpc) is 3.33. The SMILES string of the molecule is CCOC(=O)N1CCN([C@@H](c2ccc(C(F)(F)F)cc2)c2sc3nc(CC)nn3c2O)CC1. The van der Waals surface area contributed by atoms with E-state index in [-0.39, 0.29) is 12.5 Å². The molecular weight excluding hydrogens is 459 g/mol. The molecule has 1 aromatic carbocycles. The number of halogens is 3. The second kappa shape index (κ2) is 9.18. The van der Waals surface area contributed by atoms with Gasteiger partial charge in [-0.2, -0.15) is 17.7 Å². The van der Waals surface area contributed by atoms with Gasteiger partial charge in [0.25, 0.3) is 0 Å². The molecule has 0 unspecified atom stereocenters. The lowest BCUT2D eigenvalue weighted by atomic mass is 10.0. The van der Waals surface area contributed by atoms with E-state index in [4.69, 9.17) is 4.74 Å². The predicted octanol–water partition coefficient (Wildman–Crippen LogP) is 3.94. The fourth-order valence-corrected chi connectivity index (χ4v) is 5.01. The summed E-state index contributed by atoms with van der Waals surface area (Å²) in [4.78, 5) is 21.2. The Bertz CT molecular complexity index is 1120. The van der Waals surface area contributed by atoms with E-state index in [0.717, 1.165) is 12.1 Å². The van der Waals surface area contributed by atoms with Crippen molar-refractivity contribution in [2.24, 2.45) is 0 Å².